The van der Waals surface area contributed by atoms with Crippen LogP contribution in [-0.2, 0) is 0 Å². The van der Waals surface area contributed by atoms with Crippen molar-refractivity contribution in [1.29, 1.82) is 0 Å². The molecule has 0 saturated carbocycles. The summed E-state index contributed by atoms with van der Waals surface area (Å²) in [5, 5.41) is 2.73. The molecule has 2 rings (SSSR count). The van der Waals surface area contributed by atoms with Crippen molar-refractivity contribution in [2.24, 2.45) is 0 Å². The van der Waals surface area contributed by atoms with Crippen LogP contribution in [0.2, 0.25) is 0 Å². The Morgan fingerprint density at radius 3 is 2.89 bits per heavy atom. The van der Waals surface area contributed by atoms with Gasteiger partial charge in [0.25, 0.3) is 0 Å². The van der Waals surface area contributed by atoms with E-state index >= 15 is 0 Å². The molecule has 19 heavy (non-hydrogen) atoms. The monoisotopic (exact) mass is 262 g/mol. The van der Waals surface area contributed by atoms with Crippen LogP contribution in [0.25, 0.3) is 0 Å². The molecule has 1 saturated heterocycles. The smallest absolute Gasteiger partial charge is 0.317 e. The summed E-state index contributed by atoms with van der Waals surface area (Å²) in [5.41, 5.74) is 0.607. The number of rotatable bonds is 6. The normalized spacial score (nSPS) is 14.4. The van der Waals surface area contributed by atoms with Crippen LogP contribution < -0.4 is 10.1 Å². The second-order valence-electron chi connectivity index (χ2n) is 4.34. The molecule has 2 amide bonds. The Morgan fingerprint density at radius 1 is 1.42 bits per heavy atom. The summed E-state index contributed by atoms with van der Waals surface area (Å²) >= 11 is 0. The van der Waals surface area contributed by atoms with Gasteiger partial charge in [0.05, 0.1) is 12.1 Å². The largest absolute Gasteiger partial charge is 0.491 e. The number of Topliss-reactive ketones (excluding diaryl/α,β-unsaturated/α-hetero) is 1. The Kier molecular flexibility index (Phi) is 4.39. The summed E-state index contributed by atoms with van der Waals surface area (Å²) in [6, 6.07) is 7.16. The quantitative estimate of drug-likeness (QED) is 0.794. The number of para-hydroxylation sites is 1. The maximum atomic E-state index is 11.8. The number of nitrogens with one attached hydrogen (secondary N) is 1. The van der Waals surface area contributed by atoms with Gasteiger partial charge in [-0.15, -0.1) is 0 Å². The Bertz CT molecular complexity index is 474. The number of urea groups is 1. The molecule has 5 heteroatoms. The molecular formula is C14H18N2O3. The SMILES string of the molecule is CCC(=O)c1ccccc1OCCN1CCNC1=O. The molecule has 1 aromatic rings. The number of ketones is 1. The molecule has 1 N–H and O–H groups in total. The number of ether oxygens (including phenoxy) is 1. The Balaban J connectivity index is 1.92. The minimum Gasteiger partial charge on any atom is -0.491 e. The fraction of sp³-hybridized carbons (Fsp3) is 0.429. The summed E-state index contributed by atoms with van der Waals surface area (Å²) < 4.78 is 5.63. The van der Waals surface area contributed by atoms with Gasteiger partial charge >= 0.3 is 6.03 Å². The van der Waals surface area contributed by atoms with Gasteiger partial charge in [0.2, 0.25) is 0 Å². The molecule has 0 aromatic heterocycles. The van der Waals surface area contributed by atoms with Crippen LogP contribution in [0.1, 0.15) is 23.7 Å². The fourth-order valence-corrected chi connectivity index (χ4v) is 2.00. The van der Waals surface area contributed by atoms with Crippen LogP contribution in [0.5, 0.6) is 5.75 Å². The number of hydrogen-bond acceptors (Lipinski definition) is 3. The first-order valence-electron chi connectivity index (χ1n) is 6.50. The lowest BCUT2D eigenvalue weighted by molar-refractivity contribution is 0.0983. The fourth-order valence-electron chi connectivity index (χ4n) is 2.00. The minimum absolute atomic E-state index is 0.0541. The van der Waals surface area contributed by atoms with Gasteiger partial charge < -0.3 is 15.0 Å². The van der Waals surface area contributed by atoms with E-state index in [1.807, 2.05) is 19.1 Å². The van der Waals surface area contributed by atoms with Crippen molar-refractivity contribution in [2.75, 3.05) is 26.2 Å². The lowest BCUT2D eigenvalue weighted by atomic mass is 10.1. The molecule has 1 aliphatic rings. The maximum Gasteiger partial charge on any atom is 0.317 e. The molecule has 1 fully saturated rings. The summed E-state index contributed by atoms with van der Waals surface area (Å²) in [6.45, 7) is 4.14. The third-order valence-corrected chi connectivity index (χ3v) is 3.07. The van der Waals surface area contributed by atoms with Crippen molar-refractivity contribution in [3.63, 3.8) is 0 Å². The second kappa shape index (κ2) is 6.22. The average Bonchev–Trinajstić information content (AvgIpc) is 2.84. The highest BCUT2D eigenvalue weighted by atomic mass is 16.5. The van der Waals surface area contributed by atoms with E-state index in [4.69, 9.17) is 4.74 Å². The van der Waals surface area contributed by atoms with Crippen molar-refractivity contribution < 1.29 is 14.3 Å². The van der Waals surface area contributed by atoms with Crippen molar-refractivity contribution in [1.82, 2.24) is 10.2 Å². The third-order valence-electron chi connectivity index (χ3n) is 3.07. The predicted octanol–water partition coefficient (Wildman–Crippen LogP) is 1.68. The third kappa shape index (κ3) is 3.24. The molecule has 0 atom stereocenters. The van der Waals surface area contributed by atoms with E-state index in [1.165, 1.54) is 0 Å². The van der Waals surface area contributed by atoms with Crippen LogP contribution in [0.15, 0.2) is 24.3 Å². The summed E-state index contributed by atoms with van der Waals surface area (Å²) in [5.74, 6) is 0.656. The van der Waals surface area contributed by atoms with Crippen molar-refractivity contribution in [3.05, 3.63) is 29.8 Å². The van der Waals surface area contributed by atoms with Crippen molar-refractivity contribution >= 4 is 11.8 Å². The highest BCUT2D eigenvalue weighted by molar-refractivity contribution is 5.98. The Morgan fingerprint density at radius 2 is 2.21 bits per heavy atom. The molecule has 0 bridgehead atoms. The van der Waals surface area contributed by atoms with E-state index in [0.29, 0.717) is 44.0 Å². The van der Waals surface area contributed by atoms with Gasteiger partial charge in [0.15, 0.2) is 5.78 Å². The van der Waals surface area contributed by atoms with E-state index in [9.17, 15) is 9.59 Å². The zero-order chi connectivity index (χ0) is 13.7. The molecule has 0 aliphatic carbocycles. The molecule has 102 valence electrons. The van der Waals surface area contributed by atoms with E-state index in [1.54, 1.807) is 17.0 Å². The standard InChI is InChI=1S/C14H18N2O3/c1-2-12(17)11-5-3-4-6-13(11)19-10-9-16-8-7-15-14(16)18/h3-6H,2,7-10H2,1H3,(H,15,18). The zero-order valence-electron chi connectivity index (χ0n) is 11.0. The molecule has 1 aliphatic heterocycles. The zero-order valence-corrected chi connectivity index (χ0v) is 11.0. The van der Waals surface area contributed by atoms with E-state index in [-0.39, 0.29) is 11.8 Å². The highest BCUT2D eigenvalue weighted by Gasteiger charge is 2.19. The number of nitrogens with zero attached hydrogens (tertiary/aromatic N) is 1. The first-order chi connectivity index (χ1) is 9.22. The number of hydrogen-bond donors (Lipinski definition) is 1. The lowest BCUT2D eigenvalue weighted by Crippen LogP contribution is -2.32. The van der Waals surface area contributed by atoms with Gasteiger partial charge in [0, 0.05) is 19.5 Å². The highest BCUT2D eigenvalue weighted by Crippen LogP contribution is 2.19. The molecule has 1 heterocycles. The van der Waals surface area contributed by atoms with Gasteiger partial charge in [-0.2, -0.15) is 0 Å². The number of carbonyl (C=O) groups excluding carboxylic acids is 2. The predicted molar refractivity (Wildman–Crippen MR) is 71.5 cm³/mol. The molecule has 0 radical (unpaired) electrons. The maximum absolute atomic E-state index is 11.8. The van der Waals surface area contributed by atoms with Gasteiger partial charge in [-0.1, -0.05) is 19.1 Å². The number of amides is 2. The second-order valence-corrected chi connectivity index (χ2v) is 4.34. The molecule has 5 nitrogen and oxygen atoms in total. The van der Waals surface area contributed by atoms with Crippen LogP contribution >= 0.6 is 0 Å². The van der Waals surface area contributed by atoms with Crippen LogP contribution in [-0.4, -0.2) is 43.0 Å². The lowest BCUT2D eigenvalue weighted by Gasteiger charge is -2.15. The molecule has 0 unspecified atom stereocenters. The Labute approximate surface area is 112 Å². The van der Waals surface area contributed by atoms with Gasteiger partial charge in [-0.05, 0) is 12.1 Å². The first kappa shape index (κ1) is 13.4. The van der Waals surface area contributed by atoms with Crippen LogP contribution in [0.3, 0.4) is 0 Å². The van der Waals surface area contributed by atoms with Gasteiger partial charge in [-0.3, -0.25) is 4.79 Å². The topological polar surface area (TPSA) is 58.6 Å². The minimum atomic E-state index is -0.0541. The molecule has 0 spiro atoms. The van der Waals surface area contributed by atoms with Gasteiger partial charge in [0.1, 0.15) is 12.4 Å². The Hall–Kier alpha value is -2.04. The summed E-state index contributed by atoms with van der Waals surface area (Å²) in [6.07, 6.45) is 0.453. The number of benzene rings is 1. The molecule has 1 aromatic carbocycles. The average molecular weight is 262 g/mol. The first-order valence-corrected chi connectivity index (χ1v) is 6.50. The van der Waals surface area contributed by atoms with E-state index < -0.39 is 0 Å². The number of carbonyl (C=O) groups is 2. The molecular weight excluding hydrogens is 244 g/mol. The summed E-state index contributed by atoms with van der Waals surface area (Å²) in [4.78, 5) is 24.8. The summed E-state index contributed by atoms with van der Waals surface area (Å²) in [7, 11) is 0. The van der Waals surface area contributed by atoms with Crippen molar-refractivity contribution in [2.45, 2.75) is 13.3 Å². The van der Waals surface area contributed by atoms with Crippen LogP contribution in [0.4, 0.5) is 4.79 Å². The van der Waals surface area contributed by atoms with E-state index in [2.05, 4.69) is 5.32 Å². The van der Waals surface area contributed by atoms with Crippen LogP contribution in [0, 0.1) is 0 Å². The van der Waals surface area contributed by atoms with E-state index in [0.717, 1.165) is 0 Å². The van der Waals surface area contributed by atoms with Gasteiger partial charge in [-0.25, -0.2) is 4.79 Å². The van der Waals surface area contributed by atoms with Crippen molar-refractivity contribution in [3.8, 4) is 5.75 Å².